The Hall–Kier alpha value is -2.32. The van der Waals surface area contributed by atoms with Gasteiger partial charge < -0.3 is 9.47 Å². The van der Waals surface area contributed by atoms with E-state index in [0.717, 1.165) is 0 Å². The maximum atomic E-state index is 8.81. The first kappa shape index (κ1) is 13.1. The van der Waals surface area contributed by atoms with E-state index in [1.807, 2.05) is 6.07 Å². The molecule has 1 aromatic heterocycles. The van der Waals surface area contributed by atoms with Gasteiger partial charge in [0.2, 0.25) is 0 Å². The molecule has 0 unspecified atom stereocenters. The van der Waals surface area contributed by atoms with E-state index < -0.39 is 0 Å². The lowest BCUT2D eigenvalue weighted by Crippen LogP contribution is -2.00. The van der Waals surface area contributed by atoms with Crippen LogP contribution in [0.2, 0.25) is 5.15 Å². The molecular weight excluding hydrogens is 266 g/mol. The average Bonchev–Trinajstić information content (AvgIpc) is 2.46. The Morgan fingerprint density at radius 2 is 2.11 bits per heavy atom. The van der Waals surface area contributed by atoms with Crippen molar-refractivity contribution in [3.63, 3.8) is 0 Å². The Balaban J connectivity index is 2.11. The van der Waals surface area contributed by atoms with Crippen LogP contribution in [0.15, 0.2) is 30.6 Å². The number of nitriles is 1. The highest BCUT2D eigenvalue weighted by molar-refractivity contribution is 6.29. The third-order valence-electron chi connectivity index (χ3n) is 2.34. The standard InChI is InChI=1S/C13H10ClN3O2/c1-18-12-4-9(5-15)2-3-11(12)19-8-10-6-17-13(14)7-16-10/h2-4,6-7H,8H2,1H3. The van der Waals surface area contributed by atoms with Crippen LogP contribution in [-0.4, -0.2) is 17.1 Å². The van der Waals surface area contributed by atoms with E-state index in [9.17, 15) is 0 Å². The fourth-order valence-corrected chi connectivity index (χ4v) is 1.52. The normalized spacial score (nSPS) is 9.74. The van der Waals surface area contributed by atoms with Crippen molar-refractivity contribution >= 4 is 11.6 Å². The molecule has 6 heteroatoms. The Morgan fingerprint density at radius 1 is 1.26 bits per heavy atom. The van der Waals surface area contributed by atoms with Crippen LogP contribution in [0.1, 0.15) is 11.3 Å². The summed E-state index contributed by atoms with van der Waals surface area (Å²) in [7, 11) is 1.52. The second-order valence-electron chi connectivity index (χ2n) is 3.60. The molecule has 1 aromatic carbocycles. The summed E-state index contributed by atoms with van der Waals surface area (Å²) in [6.07, 6.45) is 2.99. The van der Waals surface area contributed by atoms with E-state index in [-0.39, 0.29) is 6.61 Å². The molecule has 0 bridgehead atoms. The number of benzene rings is 1. The van der Waals surface area contributed by atoms with Crippen LogP contribution in [0.25, 0.3) is 0 Å². The third-order valence-corrected chi connectivity index (χ3v) is 2.54. The minimum atomic E-state index is 0.242. The van der Waals surface area contributed by atoms with Crippen molar-refractivity contribution in [3.8, 4) is 17.6 Å². The van der Waals surface area contributed by atoms with Gasteiger partial charge in [0.15, 0.2) is 11.5 Å². The lowest BCUT2D eigenvalue weighted by Gasteiger charge is -2.10. The molecule has 0 atom stereocenters. The van der Waals surface area contributed by atoms with Crippen molar-refractivity contribution < 1.29 is 9.47 Å². The molecule has 96 valence electrons. The van der Waals surface area contributed by atoms with E-state index in [1.54, 1.807) is 24.4 Å². The fourth-order valence-electron chi connectivity index (χ4n) is 1.42. The number of ether oxygens (including phenoxy) is 2. The maximum Gasteiger partial charge on any atom is 0.162 e. The summed E-state index contributed by atoms with van der Waals surface area (Å²) >= 11 is 5.64. The van der Waals surface area contributed by atoms with Gasteiger partial charge in [0, 0.05) is 6.07 Å². The van der Waals surface area contributed by atoms with E-state index in [1.165, 1.54) is 13.3 Å². The first-order valence-corrected chi connectivity index (χ1v) is 5.78. The zero-order valence-electron chi connectivity index (χ0n) is 10.1. The van der Waals surface area contributed by atoms with Gasteiger partial charge in [-0.3, -0.25) is 4.98 Å². The van der Waals surface area contributed by atoms with Crippen molar-refractivity contribution in [1.29, 1.82) is 5.26 Å². The number of methoxy groups -OCH3 is 1. The molecule has 0 saturated heterocycles. The van der Waals surface area contributed by atoms with Gasteiger partial charge in [-0.05, 0) is 12.1 Å². The highest BCUT2D eigenvalue weighted by atomic mass is 35.5. The Kier molecular flexibility index (Phi) is 4.16. The monoisotopic (exact) mass is 275 g/mol. The summed E-state index contributed by atoms with van der Waals surface area (Å²) < 4.78 is 10.7. The molecule has 0 amide bonds. The highest BCUT2D eigenvalue weighted by Gasteiger charge is 2.06. The molecule has 0 fully saturated rings. The number of aromatic nitrogens is 2. The van der Waals surface area contributed by atoms with Crippen molar-refractivity contribution in [2.24, 2.45) is 0 Å². The van der Waals surface area contributed by atoms with Crippen molar-refractivity contribution in [2.75, 3.05) is 7.11 Å². The van der Waals surface area contributed by atoms with Gasteiger partial charge in [-0.15, -0.1) is 0 Å². The molecule has 0 aliphatic carbocycles. The Labute approximate surface area is 115 Å². The maximum absolute atomic E-state index is 8.81. The van der Waals surface area contributed by atoms with Gasteiger partial charge in [0.05, 0.1) is 36.8 Å². The molecule has 0 saturated carbocycles. The molecule has 2 aromatic rings. The average molecular weight is 276 g/mol. The molecule has 2 rings (SSSR count). The van der Waals surface area contributed by atoms with Crippen molar-refractivity contribution in [1.82, 2.24) is 9.97 Å². The molecule has 0 aliphatic heterocycles. The fraction of sp³-hybridized carbons (Fsp3) is 0.154. The number of nitrogens with zero attached hydrogens (tertiary/aromatic N) is 3. The van der Waals surface area contributed by atoms with E-state index in [0.29, 0.717) is 27.9 Å². The zero-order chi connectivity index (χ0) is 13.7. The summed E-state index contributed by atoms with van der Waals surface area (Å²) in [5, 5.41) is 9.14. The quantitative estimate of drug-likeness (QED) is 0.858. The second-order valence-corrected chi connectivity index (χ2v) is 3.98. The van der Waals surface area contributed by atoms with Crippen LogP contribution in [0.3, 0.4) is 0 Å². The SMILES string of the molecule is COc1cc(C#N)ccc1OCc1cnc(Cl)cn1. The van der Waals surface area contributed by atoms with Crippen LogP contribution in [0.5, 0.6) is 11.5 Å². The molecule has 0 N–H and O–H groups in total. The summed E-state index contributed by atoms with van der Waals surface area (Å²) in [4.78, 5) is 7.98. The van der Waals surface area contributed by atoms with E-state index in [2.05, 4.69) is 9.97 Å². The smallest absolute Gasteiger partial charge is 0.162 e. The van der Waals surface area contributed by atoms with Gasteiger partial charge >= 0.3 is 0 Å². The first-order chi connectivity index (χ1) is 9.22. The summed E-state index contributed by atoms with van der Waals surface area (Å²) in [5.41, 5.74) is 1.16. The Bertz CT molecular complexity index is 608. The van der Waals surface area contributed by atoms with Crippen molar-refractivity contribution in [3.05, 3.63) is 47.0 Å². The van der Waals surface area contributed by atoms with Crippen LogP contribution in [0, 0.1) is 11.3 Å². The molecule has 1 heterocycles. The van der Waals surface area contributed by atoms with E-state index >= 15 is 0 Å². The van der Waals surface area contributed by atoms with E-state index in [4.69, 9.17) is 26.3 Å². The predicted octanol–water partition coefficient (Wildman–Crippen LogP) is 2.59. The number of hydrogen-bond donors (Lipinski definition) is 0. The van der Waals surface area contributed by atoms with Crippen LogP contribution >= 0.6 is 11.6 Å². The Morgan fingerprint density at radius 3 is 2.74 bits per heavy atom. The molecule has 0 spiro atoms. The van der Waals surface area contributed by atoms with Gasteiger partial charge in [-0.2, -0.15) is 5.26 Å². The van der Waals surface area contributed by atoms with Crippen molar-refractivity contribution in [2.45, 2.75) is 6.61 Å². The minimum Gasteiger partial charge on any atom is -0.493 e. The van der Waals surface area contributed by atoms with Crippen LogP contribution in [0.4, 0.5) is 0 Å². The number of hydrogen-bond acceptors (Lipinski definition) is 5. The highest BCUT2D eigenvalue weighted by Crippen LogP contribution is 2.28. The van der Waals surface area contributed by atoms with Gasteiger partial charge in [-0.25, -0.2) is 4.98 Å². The molecule has 5 nitrogen and oxygen atoms in total. The topological polar surface area (TPSA) is 68.0 Å². The lowest BCUT2D eigenvalue weighted by atomic mass is 10.2. The van der Waals surface area contributed by atoms with Crippen LogP contribution in [-0.2, 0) is 6.61 Å². The van der Waals surface area contributed by atoms with Gasteiger partial charge in [-0.1, -0.05) is 11.6 Å². The predicted molar refractivity (Wildman–Crippen MR) is 69.1 cm³/mol. The first-order valence-electron chi connectivity index (χ1n) is 5.40. The third kappa shape index (κ3) is 3.33. The summed E-state index contributed by atoms with van der Waals surface area (Å²) in [6.45, 7) is 0.242. The number of halogens is 1. The molecule has 0 aliphatic rings. The van der Waals surface area contributed by atoms with Gasteiger partial charge in [0.25, 0.3) is 0 Å². The zero-order valence-corrected chi connectivity index (χ0v) is 10.9. The second kappa shape index (κ2) is 6.03. The lowest BCUT2D eigenvalue weighted by molar-refractivity contribution is 0.280. The molecule has 0 radical (unpaired) electrons. The number of rotatable bonds is 4. The largest absolute Gasteiger partial charge is 0.493 e. The molecule has 19 heavy (non-hydrogen) atoms. The molecular formula is C13H10ClN3O2. The summed E-state index contributed by atoms with van der Waals surface area (Å²) in [6, 6.07) is 6.99. The minimum absolute atomic E-state index is 0.242. The van der Waals surface area contributed by atoms with Gasteiger partial charge in [0.1, 0.15) is 11.8 Å². The summed E-state index contributed by atoms with van der Waals surface area (Å²) in [5.74, 6) is 1.04. The van der Waals surface area contributed by atoms with Crippen LogP contribution < -0.4 is 9.47 Å².